The number of carbonyl (C=O) groups excluding carboxylic acids is 1. The summed E-state index contributed by atoms with van der Waals surface area (Å²) in [4.78, 5) is 17.3. The molecule has 0 bridgehead atoms. The molecule has 0 radical (unpaired) electrons. The lowest BCUT2D eigenvalue weighted by atomic mass is 9.89. The number of aryl methyl sites for hydroxylation is 1. The fourth-order valence-electron chi connectivity index (χ4n) is 4.24. The SMILES string of the molecule is Cc1cc(COc2ccc(S(=O)(=O)N[C@@H]3CC=CC[C@@H]3C(=O)OC(C)(C)C)cc2)c2ccccc2n1. The Morgan fingerprint density at radius 2 is 1.75 bits per heavy atom. The number of para-hydroxylation sites is 1. The molecular formula is C28H32N2O5S. The summed E-state index contributed by atoms with van der Waals surface area (Å²) in [5, 5.41) is 1.02. The molecule has 1 heterocycles. The highest BCUT2D eigenvalue weighted by Gasteiger charge is 2.35. The van der Waals surface area contributed by atoms with Gasteiger partial charge >= 0.3 is 5.97 Å². The third kappa shape index (κ3) is 6.30. The number of esters is 1. The minimum Gasteiger partial charge on any atom is -0.489 e. The number of hydrogen-bond acceptors (Lipinski definition) is 6. The zero-order valence-electron chi connectivity index (χ0n) is 21.0. The molecule has 1 N–H and O–H groups in total. The summed E-state index contributed by atoms with van der Waals surface area (Å²) in [6, 6.07) is 15.6. The second kappa shape index (κ2) is 10.4. The van der Waals surface area contributed by atoms with E-state index in [1.165, 1.54) is 12.1 Å². The van der Waals surface area contributed by atoms with E-state index in [1.807, 2.05) is 49.4 Å². The van der Waals surface area contributed by atoms with Crippen LogP contribution >= 0.6 is 0 Å². The molecule has 2 aromatic carbocycles. The molecule has 0 unspecified atom stereocenters. The summed E-state index contributed by atoms with van der Waals surface area (Å²) in [5.74, 6) is -0.424. The van der Waals surface area contributed by atoms with Crippen molar-refractivity contribution in [1.82, 2.24) is 9.71 Å². The molecular weight excluding hydrogens is 476 g/mol. The molecule has 190 valence electrons. The number of benzene rings is 2. The standard InChI is InChI=1S/C28H32N2O5S/c1-19-17-20(23-9-5-7-11-25(23)29-19)18-34-21-13-15-22(16-14-21)36(32,33)30-26-12-8-6-10-24(26)27(31)35-28(2,3)4/h5-9,11,13-17,24,26,30H,10,12,18H2,1-4H3/t24-,26+/m0/s1. The molecule has 1 aliphatic rings. The third-order valence-electron chi connectivity index (χ3n) is 5.91. The van der Waals surface area contributed by atoms with Gasteiger partial charge in [-0.05, 0) is 76.9 Å². The Balaban J connectivity index is 1.44. The number of ether oxygens (including phenoxy) is 2. The summed E-state index contributed by atoms with van der Waals surface area (Å²) in [6.45, 7) is 7.67. The molecule has 0 saturated carbocycles. The fraction of sp³-hybridized carbons (Fsp3) is 0.357. The minimum absolute atomic E-state index is 0.109. The van der Waals surface area contributed by atoms with Gasteiger partial charge < -0.3 is 9.47 Å². The van der Waals surface area contributed by atoms with Crippen LogP contribution in [-0.2, 0) is 26.2 Å². The monoisotopic (exact) mass is 508 g/mol. The highest BCUT2D eigenvalue weighted by molar-refractivity contribution is 7.89. The van der Waals surface area contributed by atoms with Crippen molar-refractivity contribution in [3.8, 4) is 5.75 Å². The van der Waals surface area contributed by atoms with Gasteiger partial charge in [-0.2, -0.15) is 0 Å². The Morgan fingerprint density at radius 3 is 2.47 bits per heavy atom. The van der Waals surface area contributed by atoms with E-state index in [0.29, 0.717) is 25.2 Å². The van der Waals surface area contributed by atoms with E-state index in [9.17, 15) is 13.2 Å². The Hall–Kier alpha value is -3.23. The van der Waals surface area contributed by atoms with Crippen LogP contribution in [-0.4, -0.2) is 31.0 Å². The lowest BCUT2D eigenvalue weighted by Crippen LogP contribution is -2.45. The molecule has 8 heteroatoms. The van der Waals surface area contributed by atoms with Crippen molar-refractivity contribution >= 4 is 26.9 Å². The Morgan fingerprint density at radius 1 is 1.06 bits per heavy atom. The average molecular weight is 509 g/mol. The van der Waals surface area contributed by atoms with Gasteiger partial charge in [0.15, 0.2) is 0 Å². The predicted octanol–water partition coefficient (Wildman–Crippen LogP) is 5.08. The van der Waals surface area contributed by atoms with Gasteiger partial charge in [-0.25, -0.2) is 13.1 Å². The molecule has 36 heavy (non-hydrogen) atoms. The minimum atomic E-state index is -3.84. The van der Waals surface area contributed by atoms with Gasteiger partial charge in [-0.3, -0.25) is 9.78 Å². The predicted molar refractivity (Wildman–Crippen MR) is 139 cm³/mol. The van der Waals surface area contributed by atoms with Crippen molar-refractivity contribution < 1.29 is 22.7 Å². The van der Waals surface area contributed by atoms with E-state index in [0.717, 1.165) is 22.2 Å². The number of sulfonamides is 1. The first-order valence-corrected chi connectivity index (χ1v) is 13.5. The number of aromatic nitrogens is 1. The van der Waals surface area contributed by atoms with Gasteiger partial charge in [0.25, 0.3) is 0 Å². The highest BCUT2D eigenvalue weighted by Crippen LogP contribution is 2.26. The number of pyridine rings is 1. The molecule has 1 aliphatic carbocycles. The van der Waals surface area contributed by atoms with E-state index in [1.54, 1.807) is 32.9 Å². The molecule has 4 rings (SSSR count). The molecule has 3 aromatic rings. The van der Waals surface area contributed by atoms with Crippen LogP contribution in [0.5, 0.6) is 5.75 Å². The number of rotatable bonds is 7. The first kappa shape index (κ1) is 25.9. The second-order valence-corrected chi connectivity index (χ2v) is 11.7. The lowest BCUT2D eigenvalue weighted by Gasteiger charge is -2.30. The van der Waals surface area contributed by atoms with Gasteiger partial charge in [0.2, 0.25) is 10.0 Å². The number of fused-ring (bicyclic) bond motifs is 1. The van der Waals surface area contributed by atoms with Crippen molar-refractivity contribution in [2.75, 3.05) is 0 Å². The number of nitrogens with one attached hydrogen (secondary N) is 1. The zero-order valence-corrected chi connectivity index (χ0v) is 21.8. The van der Waals surface area contributed by atoms with E-state index in [-0.39, 0.29) is 4.90 Å². The topological polar surface area (TPSA) is 94.6 Å². The smallest absolute Gasteiger partial charge is 0.311 e. The van der Waals surface area contributed by atoms with Crippen molar-refractivity contribution in [2.24, 2.45) is 5.92 Å². The van der Waals surface area contributed by atoms with Crippen molar-refractivity contribution in [3.05, 3.63) is 78.0 Å². The van der Waals surface area contributed by atoms with Gasteiger partial charge in [-0.1, -0.05) is 30.4 Å². The molecule has 1 aromatic heterocycles. The first-order valence-electron chi connectivity index (χ1n) is 12.0. The van der Waals surface area contributed by atoms with Gasteiger partial charge in [0, 0.05) is 22.7 Å². The maximum atomic E-state index is 13.1. The van der Waals surface area contributed by atoms with Gasteiger partial charge in [0.1, 0.15) is 18.0 Å². The Bertz CT molecular complexity index is 1380. The van der Waals surface area contributed by atoms with Crippen LogP contribution in [0.2, 0.25) is 0 Å². The second-order valence-electron chi connectivity index (χ2n) is 10.0. The van der Waals surface area contributed by atoms with Crippen LogP contribution in [0.1, 0.15) is 44.9 Å². The number of hydrogen-bond donors (Lipinski definition) is 1. The van der Waals surface area contributed by atoms with Crippen LogP contribution in [0, 0.1) is 12.8 Å². The Labute approximate surface area is 212 Å². The number of carbonyl (C=O) groups is 1. The molecule has 0 saturated heterocycles. The maximum Gasteiger partial charge on any atom is 0.311 e. The zero-order chi connectivity index (χ0) is 25.9. The van der Waals surface area contributed by atoms with Crippen LogP contribution in [0.3, 0.4) is 0 Å². The van der Waals surface area contributed by atoms with Crippen LogP contribution in [0.25, 0.3) is 10.9 Å². The summed E-state index contributed by atoms with van der Waals surface area (Å²) < 4.78 is 40.4. The molecule has 7 nitrogen and oxygen atoms in total. The summed E-state index contributed by atoms with van der Waals surface area (Å²) in [6.07, 6.45) is 4.62. The van der Waals surface area contributed by atoms with Gasteiger partial charge in [-0.15, -0.1) is 0 Å². The fourth-order valence-corrected chi connectivity index (χ4v) is 5.53. The third-order valence-corrected chi connectivity index (χ3v) is 7.41. The quantitative estimate of drug-likeness (QED) is 0.353. The average Bonchev–Trinajstić information content (AvgIpc) is 2.81. The molecule has 0 aliphatic heterocycles. The van der Waals surface area contributed by atoms with Crippen molar-refractivity contribution in [2.45, 2.75) is 63.7 Å². The first-order chi connectivity index (χ1) is 17.0. The van der Waals surface area contributed by atoms with E-state index in [4.69, 9.17) is 9.47 Å². The maximum absolute atomic E-state index is 13.1. The lowest BCUT2D eigenvalue weighted by molar-refractivity contribution is -0.160. The largest absolute Gasteiger partial charge is 0.489 e. The Kier molecular flexibility index (Phi) is 7.47. The highest BCUT2D eigenvalue weighted by atomic mass is 32.2. The van der Waals surface area contributed by atoms with E-state index < -0.39 is 33.6 Å². The molecule has 2 atom stereocenters. The van der Waals surface area contributed by atoms with Crippen molar-refractivity contribution in [3.63, 3.8) is 0 Å². The summed E-state index contributed by atoms with van der Waals surface area (Å²) in [7, 11) is -3.84. The summed E-state index contributed by atoms with van der Waals surface area (Å²) in [5.41, 5.74) is 2.18. The molecule has 0 spiro atoms. The summed E-state index contributed by atoms with van der Waals surface area (Å²) >= 11 is 0. The number of allylic oxidation sites excluding steroid dienone is 1. The number of nitrogens with zero attached hydrogens (tertiary/aromatic N) is 1. The van der Waals surface area contributed by atoms with E-state index in [2.05, 4.69) is 9.71 Å². The van der Waals surface area contributed by atoms with Crippen molar-refractivity contribution in [1.29, 1.82) is 0 Å². The normalized spacial score (nSPS) is 18.2. The van der Waals surface area contributed by atoms with Gasteiger partial charge in [0.05, 0.1) is 16.3 Å². The van der Waals surface area contributed by atoms with Crippen LogP contribution in [0.4, 0.5) is 0 Å². The molecule has 0 amide bonds. The van der Waals surface area contributed by atoms with Crippen LogP contribution < -0.4 is 9.46 Å². The van der Waals surface area contributed by atoms with E-state index >= 15 is 0 Å². The van der Waals surface area contributed by atoms with Crippen LogP contribution in [0.15, 0.2) is 71.6 Å². The molecule has 0 fully saturated rings.